The summed E-state index contributed by atoms with van der Waals surface area (Å²) in [6.07, 6.45) is 3.89. The summed E-state index contributed by atoms with van der Waals surface area (Å²) >= 11 is 0. The number of amides is 2. The van der Waals surface area contributed by atoms with Crippen LogP contribution >= 0.6 is 0 Å². The molecule has 4 rings (SSSR count). The van der Waals surface area contributed by atoms with Crippen LogP contribution in [0.2, 0.25) is 0 Å². The fourth-order valence-corrected chi connectivity index (χ4v) is 3.97. The number of likely N-dealkylation sites (tertiary alicyclic amines) is 1. The van der Waals surface area contributed by atoms with Crippen LogP contribution in [0.1, 0.15) is 30.1 Å². The number of nitrogens with one attached hydrogen (secondary N) is 1. The molecule has 8 heteroatoms. The summed E-state index contributed by atoms with van der Waals surface area (Å²) in [6.45, 7) is 1.11. The highest BCUT2D eigenvalue weighted by atomic mass is 19.1. The van der Waals surface area contributed by atoms with Gasteiger partial charge in [0.25, 0.3) is 0 Å². The number of urea groups is 1. The van der Waals surface area contributed by atoms with Crippen molar-refractivity contribution in [3.8, 4) is 23.0 Å². The molecule has 1 atom stereocenters. The zero-order valence-corrected chi connectivity index (χ0v) is 18.1. The molecule has 1 aliphatic heterocycles. The number of carbonyl (C=O) groups excluding carboxylic acids is 1. The Kier molecular flexibility index (Phi) is 6.58. The number of hydrogen-bond donors (Lipinski definition) is 1. The number of benzene rings is 2. The molecular weight excluding hydrogens is 413 g/mol. The molecule has 2 heterocycles. The second kappa shape index (κ2) is 9.72. The fourth-order valence-electron chi connectivity index (χ4n) is 3.97. The Balaban J connectivity index is 1.35. The van der Waals surface area contributed by atoms with Gasteiger partial charge in [0.15, 0.2) is 0 Å². The zero-order chi connectivity index (χ0) is 22.5. The van der Waals surface area contributed by atoms with Gasteiger partial charge in [0.1, 0.15) is 23.6 Å². The number of aromatic nitrogens is 1. The molecule has 1 unspecified atom stereocenters. The Morgan fingerprint density at radius 3 is 2.78 bits per heavy atom. The Morgan fingerprint density at radius 1 is 1.22 bits per heavy atom. The lowest BCUT2D eigenvalue weighted by Gasteiger charge is -2.26. The van der Waals surface area contributed by atoms with Crippen molar-refractivity contribution in [2.45, 2.75) is 25.3 Å². The van der Waals surface area contributed by atoms with Crippen LogP contribution in [0.4, 0.5) is 9.18 Å². The van der Waals surface area contributed by atoms with Gasteiger partial charge in [-0.2, -0.15) is 0 Å². The minimum absolute atomic E-state index is 0.0482. The summed E-state index contributed by atoms with van der Waals surface area (Å²) in [6, 6.07) is 11.5. The molecule has 168 valence electrons. The van der Waals surface area contributed by atoms with E-state index in [0.29, 0.717) is 42.5 Å². The van der Waals surface area contributed by atoms with Crippen molar-refractivity contribution in [1.82, 2.24) is 15.2 Å². The number of hydrogen-bond acceptors (Lipinski definition) is 5. The van der Waals surface area contributed by atoms with Crippen molar-refractivity contribution in [3.05, 3.63) is 65.8 Å². The molecule has 0 spiro atoms. The zero-order valence-electron chi connectivity index (χ0n) is 18.1. The topological polar surface area (TPSA) is 76.8 Å². The van der Waals surface area contributed by atoms with E-state index in [1.54, 1.807) is 32.6 Å². The molecular formula is C24H26FN3O4. The maximum Gasteiger partial charge on any atom is 0.317 e. The molecule has 1 fully saturated rings. The van der Waals surface area contributed by atoms with Gasteiger partial charge < -0.3 is 24.1 Å². The largest absolute Gasteiger partial charge is 0.497 e. The number of carbonyl (C=O) groups is 1. The van der Waals surface area contributed by atoms with Gasteiger partial charge in [0, 0.05) is 36.7 Å². The average Bonchev–Trinajstić information content (AvgIpc) is 3.49. The Hall–Kier alpha value is -3.55. The van der Waals surface area contributed by atoms with E-state index in [4.69, 9.17) is 13.9 Å². The number of ether oxygens (including phenoxy) is 2. The molecule has 7 nitrogen and oxygen atoms in total. The average molecular weight is 439 g/mol. The molecule has 1 aliphatic rings. The molecule has 1 aromatic heterocycles. The summed E-state index contributed by atoms with van der Waals surface area (Å²) in [7, 11) is 3.23. The lowest BCUT2D eigenvalue weighted by atomic mass is 10.0. The normalized spacial score (nSPS) is 15.6. The molecule has 1 N–H and O–H groups in total. The van der Waals surface area contributed by atoms with Crippen molar-refractivity contribution in [1.29, 1.82) is 0 Å². The van der Waals surface area contributed by atoms with Crippen molar-refractivity contribution in [2.24, 2.45) is 0 Å². The molecule has 2 aromatic carbocycles. The Morgan fingerprint density at radius 2 is 2.03 bits per heavy atom. The third kappa shape index (κ3) is 4.69. The highest BCUT2D eigenvalue weighted by Gasteiger charge is 2.32. The highest BCUT2D eigenvalue weighted by molar-refractivity contribution is 5.75. The molecule has 0 saturated carbocycles. The summed E-state index contributed by atoms with van der Waals surface area (Å²) in [5, 5.41) is 2.98. The van der Waals surface area contributed by atoms with Gasteiger partial charge in [-0.15, -0.1) is 0 Å². The third-order valence-corrected chi connectivity index (χ3v) is 5.61. The molecule has 0 bridgehead atoms. The van der Waals surface area contributed by atoms with Gasteiger partial charge in [-0.05, 0) is 49.2 Å². The van der Waals surface area contributed by atoms with E-state index in [-0.39, 0.29) is 17.9 Å². The SMILES string of the molecule is COc1ccc(C2CCCN2C(=O)NCCc2coc(-c3ccc(F)cc3)n2)c(OC)c1. The molecule has 32 heavy (non-hydrogen) atoms. The van der Waals surface area contributed by atoms with E-state index in [1.807, 2.05) is 23.1 Å². The Labute approximate surface area is 186 Å². The van der Waals surface area contributed by atoms with E-state index >= 15 is 0 Å². The summed E-state index contributed by atoms with van der Waals surface area (Å²) < 4.78 is 29.4. The third-order valence-electron chi connectivity index (χ3n) is 5.61. The van der Waals surface area contributed by atoms with Crippen LogP contribution in [-0.4, -0.2) is 43.2 Å². The predicted octanol–water partition coefficient (Wildman–Crippen LogP) is 4.59. The fraction of sp³-hybridized carbons (Fsp3) is 0.333. The first-order valence-corrected chi connectivity index (χ1v) is 10.6. The van der Waals surface area contributed by atoms with E-state index in [9.17, 15) is 9.18 Å². The number of oxazole rings is 1. The second-order valence-electron chi connectivity index (χ2n) is 7.59. The molecule has 0 aliphatic carbocycles. The summed E-state index contributed by atoms with van der Waals surface area (Å²) in [4.78, 5) is 19.1. The summed E-state index contributed by atoms with van der Waals surface area (Å²) in [5.74, 6) is 1.55. The van der Waals surface area contributed by atoms with Crippen molar-refractivity contribution in [2.75, 3.05) is 27.3 Å². The lowest BCUT2D eigenvalue weighted by Crippen LogP contribution is -2.40. The van der Waals surface area contributed by atoms with E-state index in [0.717, 1.165) is 24.1 Å². The van der Waals surface area contributed by atoms with Gasteiger partial charge in [-0.25, -0.2) is 14.2 Å². The molecule has 3 aromatic rings. The number of halogens is 1. The van der Waals surface area contributed by atoms with Crippen LogP contribution < -0.4 is 14.8 Å². The van der Waals surface area contributed by atoms with Crippen LogP contribution in [0.3, 0.4) is 0 Å². The van der Waals surface area contributed by atoms with E-state index in [1.165, 1.54) is 12.1 Å². The predicted molar refractivity (Wildman–Crippen MR) is 117 cm³/mol. The molecule has 1 saturated heterocycles. The second-order valence-corrected chi connectivity index (χ2v) is 7.59. The monoisotopic (exact) mass is 439 g/mol. The van der Waals surface area contributed by atoms with Crippen molar-refractivity contribution < 1.29 is 23.1 Å². The lowest BCUT2D eigenvalue weighted by molar-refractivity contribution is 0.192. The smallest absolute Gasteiger partial charge is 0.317 e. The van der Waals surface area contributed by atoms with Crippen LogP contribution in [0.15, 0.2) is 53.1 Å². The van der Waals surface area contributed by atoms with E-state index < -0.39 is 0 Å². The maximum absolute atomic E-state index is 13.1. The van der Waals surface area contributed by atoms with Gasteiger partial charge in [0.2, 0.25) is 5.89 Å². The van der Waals surface area contributed by atoms with Crippen LogP contribution in [-0.2, 0) is 6.42 Å². The van der Waals surface area contributed by atoms with Crippen LogP contribution in [0.5, 0.6) is 11.5 Å². The minimum Gasteiger partial charge on any atom is -0.497 e. The number of methoxy groups -OCH3 is 2. The van der Waals surface area contributed by atoms with Crippen molar-refractivity contribution >= 4 is 6.03 Å². The number of nitrogens with zero attached hydrogens (tertiary/aromatic N) is 2. The maximum atomic E-state index is 13.1. The van der Waals surface area contributed by atoms with Gasteiger partial charge >= 0.3 is 6.03 Å². The summed E-state index contributed by atoms with van der Waals surface area (Å²) in [5.41, 5.74) is 2.40. The van der Waals surface area contributed by atoms with Crippen LogP contribution in [0, 0.1) is 5.82 Å². The minimum atomic E-state index is -0.310. The highest BCUT2D eigenvalue weighted by Crippen LogP contribution is 2.38. The molecule has 0 radical (unpaired) electrons. The van der Waals surface area contributed by atoms with Gasteiger partial charge in [-0.1, -0.05) is 0 Å². The van der Waals surface area contributed by atoms with Gasteiger partial charge in [-0.3, -0.25) is 0 Å². The quantitative estimate of drug-likeness (QED) is 0.583. The van der Waals surface area contributed by atoms with Crippen molar-refractivity contribution in [3.63, 3.8) is 0 Å². The van der Waals surface area contributed by atoms with E-state index in [2.05, 4.69) is 10.3 Å². The first-order valence-electron chi connectivity index (χ1n) is 10.6. The van der Waals surface area contributed by atoms with Crippen LogP contribution in [0.25, 0.3) is 11.5 Å². The molecule has 2 amide bonds. The first-order chi connectivity index (χ1) is 15.6. The van der Waals surface area contributed by atoms with Gasteiger partial charge in [0.05, 0.1) is 26.0 Å². The standard InChI is InChI=1S/C24H26FN3O4/c1-30-19-9-10-20(22(14-19)31-2)21-4-3-13-28(21)24(29)26-12-11-18-15-32-23(27-18)16-5-7-17(25)8-6-16/h5-10,14-15,21H,3-4,11-13H2,1-2H3,(H,26,29). The first kappa shape index (κ1) is 21.7. The Bertz CT molecular complexity index is 1070. The number of rotatable bonds is 7.